The zero-order chi connectivity index (χ0) is 14.7. The second-order valence-corrected chi connectivity index (χ2v) is 6.87. The molecule has 0 aliphatic heterocycles. The molecule has 0 fully saturated rings. The summed E-state index contributed by atoms with van der Waals surface area (Å²) in [7, 11) is 0. The number of hydrogen-bond acceptors (Lipinski definition) is 3. The molecule has 0 saturated heterocycles. The molecular weight excluding hydrogens is 278 g/mol. The lowest BCUT2D eigenvalue weighted by Gasteiger charge is -2.31. The molecule has 1 N–H and O–H groups in total. The zero-order valence-electron chi connectivity index (χ0n) is 13.0. The molecule has 2 aromatic rings. The van der Waals surface area contributed by atoms with Crippen LogP contribution in [-0.4, -0.2) is 22.4 Å². The van der Waals surface area contributed by atoms with E-state index < -0.39 is 0 Å². The Hall–Kier alpha value is -1.13. The molecule has 21 heavy (non-hydrogen) atoms. The standard InChI is InChI=1S/C17H25N3S/c1-3-18-16(10-13-11-19-20(4-2)12-13)14-6-5-7-17-15(14)8-9-21-17/h8-9,11-12,14,16,18H,3-7,10H2,1-2H3. The highest BCUT2D eigenvalue weighted by Crippen LogP contribution is 2.37. The molecule has 0 bridgehead atoms. The van der Waals surface area contributed by atoms with Gasteiger partial charge in [-0.25, -0.2) is 0 Å². The molecule has 114 valence electrons. The maximum absolute atomic E-state index is 4.42. The fraction of sp³-hybridized carbons (Fsp3) is 0.588. The summed E-state index contributed by atoms with van der Waals surface area (Å²) in [5.41, 5.74) is 2.95. The summed E-state index contributed by atoms with van der Waals surface area (Å²) in [5.74, 6) is 0.657. The first-order chi connectivity index (χ1) is 10.3. The van der Waals surface area contributed by atoms with E-state index in [0.717, 1.165) is 19.5 Å². The number of rotatable bonds is 6. The molecule has 1 aliphatic rings. The van der Waals surface area contributed by atoms with Crippen LogP contribution in [0.1, 0.15) is 48.6 Å². The Kier molecular flexibility index (Phi) is 4.76. The lowest BCUT2D eigenvalue weighted by molar-refractivity contribution is 0.398. The van der Waals surface area contributed by atoms with Crippen molar-refractivity contribution in [1.29, 1.82) is 0 Å². The summed E-state index contributed by atoms with van der Waals surface area (Å²) in [6.07, 6.45) is 9.22. The molecule has 2 aromatic heterocycles. The van der Waals surface area contributed by atoms with Crippen LogP contribution in [-0.2, 0) is 19.4 Å². The van der Waals surface area contributed by atoms with Crippen LogP contribution in [0.15, 0.2) is 23.8 Å². The van der Waals surface area contributed by atoms with Crippen LogP contribution in [0, 0.1) is 0 Å². The smallest absolute Gasteiger partial charge is 0.0522 e. The zero-order valence-corrected chi connectivity index (χ0v) is 13.8. The van der Waals surface area contributed by atoms with Crippen LogP contribution in [0.3, 0.4) is 0 Å². The van der Waals surface area contributed by atoms with E-state index in [9.17, 15) is 0 Å². The minimum atomic E-state index is 0.526. The molecule has 3 nitrogen and oxygen atoms in total. The molecule has 0 aromatic carbocycles. The number of nitrogens with zero attached hydrogens (tertiary/aromatic N) is 2. The summed E-state index contributed by atoms with van der Waals surface area (Å²) in [4.78, 5) is 1.61. The molecule has 1 aliphatic carbocycles. The third-order valence-electron chi connectivity index (χ3n) is 4.52. The quantitative estimate of drug-likeness (QED) is 0.883. The molecule has 0 saturated carbocycles. The second kappa shape index (κ2) is 6.75. The molecule has 2 heterocycles. The number of likely N-dealkylation sites (N-methyl/N-ethyl adjacent to an activating group) is 1. The third-order valence-corrected chi connectivity index (χ3v) is 5.51. The van der Waals surface area contributed by atoms with Crippen molar-refractivity contribution in [3.63, 3.8) is 0 Å². The fourth-order valence-corrected chi connectivity index (χ4v) is 4.49. The van der Waals surface area contributed by atoms with Gasteiger partial charge in [-0.3, -0.25) is 4.68 Å². The summed E-state index contributed by atoms with van der Waals surface area (Å²) >= 11 is 1.93. The molecule has 2 unspecified atom stereocenters. The van der Waals surface area contributed by atoms with Crippen LogP contribution < -0.4 is 5.32 Å². The highest BCUT2D eigenvalue weighted by molar-refractivity contribution is 7.10. The fourth-order valence-electron chi connectivity index (χ4n) is 3.50. The Morgan fingerprint density at radius 2 is 2.38 bits per heavy atom. The van der Waals surface area contributed by atoms with Crippen LogP contribution in [0.4, 0.5) is 0 Å². The van der Waals surface area contributed by atoms with Gasteiger partial charge in [0, 0.05) is 29.6 Å². The van der Waals surface area contributed by atoms with Crippen LogP contribution in [0.25, 0.3) is 0 Å². The summed E-state index contributed by atoms with van der Waals surface area (Å²) in [6.45, 7) is 6.32. The SMILES string of the molecule is CCNC(Cc1cnn(CC)c1)C1CCCc2sccc21. The largest absolute Gasteiger partial charge is 0.313 e. The van der Waals surface area contributed by atoms with Gasteiger partial charge >= 0.3 is 0 Å². The van der Waals surface area contributed by atoms with Gasteiger partial charge in [-0.1, -0.05) is 6.92 Å². The second-order valence-electron chi connectivity index (χ2n) is 5.87. The van der Waals surface area contributed by atoms with Crippen molar-refractivity contribution in [2.45, 2.75) is 58.0 Å². The number of thiophene rings is 1. The Bertz CT molecular complexity index is 572. The van der Waals surface area contributed by atoms with Crippen molar-refractivity contribution < 1.29 is 0 Å². The van der Waals surface area contributed by atoms with Gasteiger partial charge in [-0.15, -0.1) is 11.3 Å². The predicted molar refractivity (Wildman–Crippen MR) is 89.1 cm³/mol. The van der Waals surface area contributed by atoms with E-state index in [4.69, 9.17) is 0 Å². The van der Waals surface area contributed by atoms with E-state index in [-0.39, 0.29) is 0 Å². The number of aromatic nitrogens is 2. The summed E-state index contributed by atoms with van der Waals surface area (Å²) in [6, 6.07) is 2.88. The predicted octanol–water partition coefficient (Wildman–Crippen LogP) is 3.61. The van der Waals surface area contributed by atoms with Crippen LogP contribution in [0.5, 0.6) is 0 Å². The van der Waals surface area contributed by atoms with Crippen LogP contribution >= 0.6 is 11.3 Å². The third kappa shape index (κ3) is 3.22. The first-order valence-electron chi connectivity index (χ1n) is 8.12. The topological polar surface area (TPSA) is 29.9 Å². The summed E-state index contributed by atoms with van der Waals surface area (Å²) < 4.78 is 2.02. The lowest BCUT2D eigenvalue weighted by Crippen LogP contribution is -2.37. The van der Waals surface area contributed by atoms with Gasteiger partial charge in [-0.05, 0) is 61.7 Å². The van der Waals surface area contributed by atoms with Crippen molar-refractivity contribution >= 4 is 11.3 Å². The van der Waals surface area contributed by atoms with Crippen molar-refractivity contribution in [1.82, 2.24) is 15.1 Å². The van der Waals surface area contributed by atoms with Gasteiger partial charge in [0.1, 0.15) is 0 Å². The van der Waals surface area contributed by atoms with Gasteiger partial charge in [0.25, 0.3) is 0 Å². The van der Waals surface area contributed by atoms with Gasteiger partial charge in [0.15, 0.2) is 0 Å². The van der Waals surface area contributed by atoms with E-state index in [0.29, 0.717) is 12.0 Å². The number of aryl methyl sites for hydroxylation is 2. The Morgan fingerprint density at radius 1 is 1.48 bits per heavy atom. The maximum Gasteiger partial charge on any atom is 0.0522 e. The normalized spacial score (nSPS) is 19.4. The first-order valence-corrected chi connectivity index (χ1v) is 9.00. The van der Waals surface area contributed by atoms with Crippen molar-refractivity contribution in [3.8, 4) is 0 Å². The van der Waals surface area contributed by atoms with Gasteiger partial charge in [-0.2, -0.15) is 5.10 Å². The highest BCUT2D eigenvalue weighted by Gasteiger charge is 2.28. The van der Waals surface area contributed by atoms with Crippen molar-refractivity contribution in [3.05, 3.63) is 39.8 Å². The van der Waals surface area contributed by atoms with E-state index in [1.165, 1.54) is 24.8 Å². The van der Waals surface area contributed by atoms with E-state index in [2.05, 4.69) is 41.9 Å². The van der Waals surface area contributed by atoms with Gasteiger partial charge in [0.05, 0.1) is 6.20 Å². The molecule has 4 heteroatoms. The van der Waals surface area contributed by atoms with Crippen molar-refractivity contribution in [2.75, 3.05) is 6.54 Å². The maximum atomic E-state index is 4.42. The minimum absolute atomic E-state index is 0.526. The van der Waals surface area contributed by atoms with E-state index in [1.54, 1.807) is 10.4 Å². The molecule has 2 atom stereocenters. The minimum Gasteiger partial charge on any atom is -0.313 e. The molecule has 0 spiro atoms. The Morgan fingerprint density at radius 3 is 3.14 bits per heavy atom. The number of fused-ring (bicyclic) bond motifs is 1. The lowest BCUT2D eigenvalue weighted by atomic mass is 9.80. The summed E-state index contributed by atoms with van der Waals surface area (Å²) in [5, 5.41) is 10.4. The van der Waals surface area contributed by atoms with Crippen LogP contribution in [0.2, 0.25) is 0 Å². The Balaban J connectivity index is 1.79. The monoisotopic (exact) mass is 303 g/mol. The highest BCUT2D eigenvalue weighted by atomic mass is 32.1. The molecule has 0 amide bonds. The number of nitrogens with one attached hydrogen (secondary N) is 1. The molecule has 3 rings (SSSR count). The van der Waals surface area contributed by atoms with Gasteiger partial charge in [0.2, 0.25) is 0 Å². The van der Waals surface area contributed by atoms with Crippen molar-refractivity contribution in [2.24, 2.45) is 0 Å². The van der Waals surface area contributed by atoms with E-state index >= 15 is 0 Å². The average molecular weight is 303 g/mol. The number of hydrogen-bond donors (Lipinski definition) is 1. The van der Waals surface area contributed by atoms with E-state index in [1.807, 2.05) is 22.2 Å². The average Bonchev–Trinajstić information content (AvgIpc) is 3.15. The molecular formula is C17H25N3S. The Labute approximate surface area is 131 Å². The molecule has 0 radical (unpaired) electrons. The first kappa shape index (κ1) is 14.8. The van der Waals surface area contributed by atoms with Gasteiger partial charge < -0.3 is 5.32 Å².